The van der Waals surface area contributed by atoms with E-state index in [1.165, 1.54) is 14.2 Å². The number of hydrogen-bond donors (Lipinski definition) is 0. The Balaban J connectivity index is 4.84. The average molecular weight is 2080 g/mol. The van der Waals surface area contributed by atoms with Gasteiger partial charge < -0.3 is 0 Å². The molecule has 0 fully saturated rings. The largest absolute Gasteiger partial charge is 0.458 e. The Morgan fingerprint density at radius 3 is 0.552 bits per heavy atom. The second-order valence-corrected chi connectivity index (χ2v) is 23.0. The first-order chi connectivity index (χ1) is 36.8. The molecular formula is C27F45I6N3O6. The number of alkyl halides is 51. The highest BCUT2D eigenvalue weighted by Crippen LogP contribution is 2.64. The quantitative estimate of drug-likeness (QED) is 0.0485. The van der Waals surface area contributed by atoms with Crippen LogP contribution in [0.3, 0.4) is 0 Å². The number of hydrogen-bond acceptors (Lipinski definition) is 9. The fraction of sp³-hybridized carbons (Fsp3) is 0.889. The summed E-state index contributed by atoms with van der Waals surface area (Å²) >= 11 is -7.32. The highest BCUT2D eigenvalue weighted by Gasteiger charge is 2.88. The van der Waals surface area contributed by atoms with Gasteiger partial charge in [-0.1, -0.05) is 0 Å². The van der Waals surface area contributed by atoms with Gasteiger partial charge in [-0.05, 0) is 0 Å². The predicted octanol–water partition coefficient (Wildman–Crippen LogP) is 18.7. The summed E-state index contributed by atoms with van der Waals surface area (Å²) in [7, 11) is 0. The van der Waals surface area contributed by atoms with Crippen LogP contribution in [0.1, 0.15) is 17.5 Å². The summed E-state index contributed by atoms with van der Waals surface area (Å²) in [6.07, 6.45) is -79.3. The smallest absolute Gasteiger partial charge is 0.281 e. The van der Waals surface area contributed by atoms with Crippen molar-refractivity contribution in [3.63, 3.8) is 0 Å². The zero-order valence-corrected chi connectivity index (χ0v) is 49.5. The fourth-order valence-corrected chi connectivity index (χ4v) is 8.59. The van der Waals surface area contributed by atoms with Crippen LogP contribution in [-0.4, -0.2) is 129 Å². The lowest BCUT2D eigenvalue weighted by Gasteiger charge is -2.41. The van der Waals surface area contributed by atoms with E-state index in [4.69, 9.17) is 0 Å². The molecule has 1 aromatic heterocycles. The molecular weight excluding hydrogens is 2080 g/mol. The Kier molecular flexibility index (Phi) is 23.1. The van der Waals surface area contributed by atoms with Gasteiger partial charge in [0, 0.05) is 136 Å². The van der Waals surface area contributed by atoms with Crippen LogP contribution in [0.15, 0.2) is 0 Å². The van der Waals surface area contributed by atoms with Crippen molar-refractivity contribution in [1.82, 2.24) is 15.0 Å². The summed E-state index contributed by atoms with van der Waals surface area (Å²) in [6.45, 7) is 0. The molecule has 87 heavy (non-hydrogen) atoms. The first-order valence-corrected chi connectivity index (χ1v) is 24.4. The summed E-state index contributed by atoms with van der Waals surface area (Å²) in [5.74, 6) is -91.4. The SMILES string of the molecule is FC(F)(F)C(F)(OC(F)(F)C(F)(F)c1nc(C(F)(F)C(F)(F)OC(F)(F)C(F)(OC(F)(I)C(F)(F)C(F)(F)I)C(F)(F)F)nc(C(F)(F)C(F)(F)OC(F)(C(F)(F)F)C(F)(F)OC(F)(I)C(F)(F)C(F)(F)I)n1)C(F)(F)OC(F)(I)C(F)(F)C(F)(F)I. The maximum Gasteiger partial charge on any atom is 0.458 e. The Morgan fingerprint density at radius 1 is 0.207 bits per heavy atom. The summed E-state index contributed by atoms with van der Waals surface area (Å²) < 4.78 is 614. The average Bonchev–Trinajstić information content (AvgIpc) is 3.21. The van der Waals surface area contributed by atoms with E-state index in [0.717, 1.165) is 0 Å². The third-order valence-electron chi connectivity index (χ3n) is 8.53. The van der Waals surface area contributed by atoms with Gasteiger partial charge in [0.05, 0.1) is 0 Å². The molecule has 60 heteroatoms. The van der Waals surface area contributed by atoms with Gasteiger partial charge in [0.2, 0.25) is 17.5 Å². The monoisotopic (exact) mass is 2080 g/mol. The van der Waals surface area contributed by atoms with Crippen LogP contribution in [-0.2, 0) is 46.2 Å². The van der Waals surface area contributed by atoms with Crippen molar-refractivity contribution in [3.8, 4) is 0 Å². The highest BCUT2D eigenvalue weighted by atomic mass is 127. The summed E-state index contributed by atoms with van der Waals surface area (Å²) in [4.78, 5) is 1.61. The van der Waals surface area contributed by atoms with Crippen molar-refractivity contribution in [2.45, 2.75) is 132 Å². The lowest BCUT2D eigenvalue weighted by Crippen LogP contribution is -2.66. The zero-order valence-electron chi connectivity index (χ0n) is 36.6. The van der Waals surface area contributed by atoms with Crippen LogP contribution >= 0.6 is 136 Å². The van der Waals surface area contributed by atoms with Gasteiger partial charge in [0.25, 0.3) is 0 Å². The molecule has 1 aromatic rings. The van der Waals surface area contributed by atoms with Crippen LogP contribution in [0.4, 0.5) is 198 Å². The molecule has 6 atom stereocenters. The van der Waals surface area contributed by atoms with Crippen molar-refractivity contribution in [1.29, 1.82) is 0 Å². The first-order valence-electron chi connectivity index (χ1n) is 17.9. The molecule has 1 rings (SSSR count). The van der Waals surface area contributed by atoms with Gasteiger partial charge in [0.1, 0.15) is 0 Å². The number of nitrogens with zero attached hydrogens (tertiary/aromatic N) is 3. The Labute approximate surface area is 522 Å². The zero-order chi connectivity index (χ0) is 71.1. The van der Waals surface area contributed by atoms with Crippen LogP contribution in [0.2, 0.25) is 0 Å². The van der Waals surface area contributed by atoms with Crippen molar-refractivity contribution in [3.05, 3.63) is 17.5 Å². The van der Waals surface area contributed by atoms with Crippen LogP contribution in [0.25, 0.3) is 0 Å². The second kappa shape index (κ2) is 23.7. The van der Waals surface area contributed by atoms with E-state index in [1.54, 1.807) is 14.2 Å². The van der Waals surface area contributed by atoms with Crippen molar-refractivity contribution in [2.75, 3.05) is 0 Å². The Morgan fingerprint density at radius 2 is 0.368 bits per heavy atom. The topological polar surface area (TPSA) is 94.1 Å². The van der Waals surface area contributed by atoms with Crippen molar-refractivity contribution in [2.24, 2.45) is 0 Å². The minimum Gasteiger partial charge on any atom is -0.281 e. The fourth-order valence-electron chi connectivity index (χ4n) is 4.12. The molecule has 0 bridgehead atoms. The van der Waals surface area contributed by atoms with Gasteiger partial charge in [-0.2, -0.15) is 198 Å². The molecule has 0 aromatic carbocycles. The van der Waals surface area contributed by atoms with E-state index >= 15 is 61.5 Å². The minimum absolute atomic E-state index is 0.533. The van der Waals surface area contributed by atoms with Gasteiger partial charge in [-0.15, -0.1) is 0 Å². The van der Waals surface area contributed by atoms with E-state index in [2.05, 4.69) is 0 Å². The Bertz CT molecular complexity index is 2500. The molecule has 516 valence electrons. The molecule has 0 N–H and O–H groups in total. The van der Waals surface area contributed by atoms with Crippen LogP contribution in [0, 0.1) is 0 Å². The number of halogens is 51. The van der Waals surface area contributed by atoms with E-state index < -0.39 is 285 Å². The first kappa shape index (κ1) is 85.0. The molecule has 0 amide bonds. The van der Waals surface area contributed by atoms with Gasteiger partial charge in [-0.3, -0.25) is 23.7 Å². The highest BCUT2D eigenvalue weighted by molar-refractivity contribution is 14.1. The summed E-state index contributed by atoms with van der Waals surface area (Å²) in [6, 6.07) is 0. The lowest BCUT2D eigenvalue weighted by molar-refractivity contribution is -0.534. The number of rotatable bonds is 27. The molecule has 0 aliphatic heterocycles. The van der Waals surface area contributed by atoms with E-state index in [1.807, 2.05) is 0 Å². The molecule has 0 spiro atoms. The molecule has 0 radical (unpaired) electrons. The molecule has 9 nitrogen and oxygen atoms in total. The van der Waals surface area contributed by atoms with Gasteiger partial charge in [-0.25, -0.2) is 19.7 Å². The molecule has 0 aliphatic carbocycles. The predicted molar refractivity (Wildman–Crippen MR) is 223 cm³/mol. The maximum absolute atomic E-state index is 15.5. The van der Waals surface area contributed by atoms with Crippen LogP contribution < -0.4 is 0 Å². The van der Waals surface area contributed by atoms with E-state index in [-0.39, 0.29) is 0 Å². The van der Waals surface area contributed by atoms with Gasteiger partial charge >= 0.3 is 132 Å². The normalized spacial score (nSPS) is 20.0. The Hall–Kier alpha value is -0.00000000000000244. The third-order valence-corrected chi connectivity index (χ3v) is 13.3. The van der Waals surface area contributed by atoms with Crippen LogP contribution in [0.5, 0.6) is 0 Å². The molecule has 6 unspecified atom stereocenters. The standard InChI is InChI=1S/C27F45I6N3O6/c28-4(29,19(58,59)82-10(40,13(43,44)45)23(66,67)86-26(71,77)8(36,37)17(54,55)74)1-79-2(5(30,31)20(60,61)83-11(41,14(46,47)48)24(68,69)87-27(72,78)9(38,39)18(56,57)75)81-3(80-1)6(32,33)21(62,63)85-22(64,65)12(42,15(49,50)51)84-25(70,76)7(34,35)16(52,53)73. The van der Waals surface area contributed by atoms with Crippen molar-refractivity contribution < 1.29 is 226 Å². The van der Waals surface area contributed by atoms with E-state index in [9.17, 15) is 136 Å². The van der Waals surface area contributed by atoms with Gasteiger partial charge in [0.15, 0.2) is 0 Å². The summed E-state index contributed by atoms with van der Waals surface area (Å²) in [5.41, 5.74) is 0. The molecule has 0 saturated heterocycles. The maximum atomic E-state index is 15.5. The van der Waals surface area contributed by atoms with Crippen molar-refractivity contribution >= 4 is 136 Å². The molecule has 1 heterocycles. The molecule has 0 aliphatic rings. The third kappa shape index (κ3) is 15.0. The number of ether oxygens (including phenoxy) is 6. The number of aromatic nitrogens is 3. The second-order valence-electron chi connectivity index (χ2n) is 14.8. The molecule has 0 saturated carbocycles. The van der Waals surface area contributed by atoms with E-state index in [0.29, 0.717) is 15.0 Å². The lowest BCUT2D eigenvalue weighted by atomic mass is 10.2. The minimum atomic E-state index is -9.05. The summed E-state index contributed by atoms with van der Waals surface area (Å²) in [5, 5.41) is 0.